The molecule has 0 atom stereocenters. The number of aromatic nitrogens is 2. The highest BCUT2D eigenvalue weighted by Gasteiger charge is 2.11. The van der Waals surface area contributed by atoms with E-state index in [4.69, 9.17) is 16.9 Å². The number of nitrogens with two attached hydrogens (primary N) is 2. The summed E-state index contributed by atoms with van der Waals surface area (Å²) in [5.41, 5.74) is 10.7. The quantitative estimate of drug-likeness (QED) is 0.344. The molecule has 0 aromatic carbocycles. The Hall–Kier alpha value is -2.64. The van der Waals surface area contributed by atoms with E-state index in [1.807, 2.05) is 0 Å². The Labute approximate surface area is 97.6 Å². The van der Waals surface area contributed by atoms with Crippen LogP contribution in [0.5, 0.6) is 0 Å². The van der Waals surface area contributed by atoms with Crippen LogP contribution in [0.3, 0.4) is 0 Å². The van der Waals surface area contributed by atoms with Crippen molar-refractivity contribution >= 4 is 23.2 Å². The lowest BCUT2D eigenvalue weighted by Gasteiger charge is -2.07. The van der Waals surface area contributed by atoms with Gasteiger partial charge in [-0.3, -0.25) is 10.2 Å². The number of rotatable bonds is 4. The average molecular weight is 235 g/mol. The van der Waals surface area contributed by atoms with Crippen molar-refractivity contribution in [2.45, 2.75) is 0 Å². The molecule has 0 aliphatic rings. The van der Waals surface area contributed by atoms with Crippen LogP contribution in [0.2, 0.25) is 0 Å². The van der Waals surface area contributed by atoms with Crippen LogP contribution in [0.25, 0.3) is 0 Å². The Kier molecular flexibility index (Phi) is 3.98. The van der Waals surface area contributed by atoms with E-state index in [0.29, 0.717) is 0 Å². The summed E-state index contributed by atoms with van der Waals surface area (Å²) in [6.07, 6.45) is 3.01. The molecule has 17 heavy (non-hydrogen) atoms. The minimum absolute atomic E-state index is 0.0502. The predicted molar refractivity (Wildman–Crippen MR) is 64.5 cm³/mol. The molecule has 0 spiro atoms. The van der Waals surface area contributed by atoms with E-state index in [9.17, 15) is 4.79 Å². The number of carbonyl (C=O) groups excluding carboxylic acids is 1. The van der Waals surface area contributed by atoms with Gasteiger partial charge in [0.1, 0.15) is 11.7 Å². The number of nitrogens with zero attached hydrogens (tertiary/aromatic N) is 2. The molecule has 0 bridgehead atoms. The van der Waals surface area contributed by atoms with Crippen molar-refractivity contribution in [2.75, 3.05) is 18.1 Å². The van der Waals surface area contributed by atoms with Crippen molar-refractivity contribution < 1.29 is 4.79 Å². The molecule has 1 aromatic heterocycles. The fourth-order valence-corrected chi connectivity index (χ4v) is 1.04. The lowest BCUT2D eigenvalue weighted by atomic mass is 10.3. The zero-order valence-electron chi connectivity index (χ0n) is 9.19. The molecule has 0 aliphatic heterocycles. The highest BCUT2D eigenvalue weighted by atomic mass is 16.1. The maximum absolute atomic E-state index is 11.1. The third-order valence-corrected chi connectivity index (χ3v) is 1.73. The molecule has 7 N–H and O–H groups in total. The Balaban J connectivity index is 2.96. The van der Waals surface area contributed by atoms with Gasteiger partial charge in [-0.25, -0.2) is 0 Å². The molecule has 0 fully saturated rings. The van der Waals surface area contributed by atoms with Gasteiger partial charge in [0.05, 0.1) is 5.69 Å². The first-order chi connectivity index (χ1) is 8.04. The number of carbonyl (C=O) groups is 1. The number of amidine groups is 1. The van der Waals surface area contributed by atoms with Gasteiger partial charge < -0.3 is 22.1 Å². The maximum atomic E-state index is 11.1. The lowest BCUT2D eigenvalue weighted by molar-refractivity contribution is 0.0995. The van der Waals surface area contributed by atoms with Gasteiger partial charge in [-0.1, -0.05) is 0 Å². The van der Waals surface area contributed by atoms with Crippen LogP contribution < -0.4 is 22.1 Å². The molecule has 0 saturated carbocycles. The van der Waals surface area contributed by atoms with Gasteiger partial charge in [0.15, 0.2) is 5.69 Å². The van der Waals surface area contributed by atoms with Crippen LogP contribution in [0.1, 0.15) is 10.5 Å². The molecule has 8 nitrogen and oxygen atoms in total. The van der Waals surface area contributed by atoms with Crippen LogP contribution in [0, 0.1) is 5.41 Å². The van der Waals surface area contributed by atoms with E-state index < -0.39 is 5.91 Å². The number of nitrogen functional groups attached to an aromatic ring is 1. The number of hydrogen-bond acceptors (Lipinski definition) is 6. The van der Waals surface area contributed by atoms with Crippen molar-refractivity contribution in [3.63, 3.8) is 0 Å². The molecular formula is C9H13N7O. The van der Waals surface area contributed by atoms with Gasteiger partial charge in [-0.15, -0.1) is 10.2 Å². The summed E-state index contributed by atoms with van der Waals surface area (Å²) >= 11 is 0. The molecule has 1 aromatic rings. The molecule has 90 valence electrons. The fraction of sp³-hybridized carbons (Fsp3) is 0.111. The lowest BCUT2D eigenvalue weighted by Crippen LogP contribution is -2.19. The second-order valence-electron chi connectivity index (χ2n) is 3.06. The summed E-state index contributed by atoms with van der Waals surface area (Å²) in [4.78, 5) is 11.1. The van der Waals surface area contributed by atoms with Gasteiger partial charge in [0.2, 0.25) is 0 Å². The highest BCUT2D eigenvalue weighted by molar-refractivity contribution is 6.06. The zero-order chi connectivity index (χ0) is 12.8. The SMILES string of the molecule is CN/C=C\C(=N)Nc1cc(N)nnc1C(N)=O. The number of primary amides is 1. The van der Waals surface area contributed by atoms with Crippen molar-refractivity contribution in [1.82, 2.24) is 15.5 Å². The van der Waals surface area contributed by atoms with E-state index in [1.165, 1.54) is 12.1 Å². The van der Waals surface area contributed by atoms with E-state index in [1.54, 1.807) is 13.2 Å². The molecule has 0 unspecified atom stereocenters. The minimum atomic E-state index is -0.745. The van der Waals surface area contributed by atoms with Crippen LogP contribution in [-0.2, 0) is 0 Å². The maximum Gasteiger partial charge on any atom is 0.271 e. The topological polar surface area (TPSA) is 143 Å². The highest BCUT2D eigenvalue weighted by Crippen LogP contribution is 2.13. The summed E-state index contributed by atoms with van der Waals surface area (Å²) in [5, 5.41) is 20.0. The van der Waals surface area contributed by atoms with Gasteiger partial charge in [-0.05, 0) is 12.3 Å². The standard InChI is InChI=1S/C9H13N7O/c1-13-3-2-6(10)14-5-4-7(11)15-16-8(5)9(12)17/h2-4,13H,1H3,(H2,12,17)(H4,10,11,14,15)/b3-2-. The van der Waals surface area contributed by atoms with Crippen molar-refractivity contribution in [3.05, 3.63) is 24.0 Å². The van der Waals surface area contributed by atoms with E-state index in [-0.39, 0.29) is 23.0 Å². The molecule has 1 amide bonds. The first-order valence-corrected chi connectivity index (χ1v) is 4.67. The van der Waals surface area contributed by atoms with Crippen LogP contribution in [0.15, 0.2) is 18.3 Å². The Morgan fingerprint density at radius 3 is 2.82 bits per heavy atom. The smallest absolute Gasteiger partial charge is 0.271 e. The van der Waals surface area contributed by atoms with Crippen LogP contribution in [0.4, 0.5) is 11.5 Å². The molecule has 1 heterocycles. The minimum Gasteiger partial charge on any atom is -0.394 e. The Bertz CT molecular complexity index is 468. The van der Waals surface area contributed by atoms with E-state index >= 15 is 0 Å². The van der Waals surface area contributed by atoms with Crippen molar-refractivity contribution in [2.24, 2.45) is 5.73 Å². The van der Waals surface area contributed by atoms with Gasteiger partial charge >= 0.3 is 0 Å². The molecule has 1 rings (SSSR count). The van der Waals surface area contributed by atoms with E-state index in [2.05, 4.69) is 20.8 Å². The third-order valence-electron chi connectivity index (χ3n) is 1.73. The average Bonchev–Trinajstić information content (AvgIpc) is 2.26. The van der Waals surface area contributed by atoms with Crippen molar-refractivity contribution in [1.29, 1.82) is 5.41 Å². The first kappa shape index (κ1) is 12.4. The number of amides is 1. The van der Waals surface area contributed by atoms with Crippen LogP contribution >= 0.6 is 0 Å². The first-order valence-electron chi connectivity index (χ1n) is 4.67. The summed E-state index contributed by atoms with van der Waals surface area (Å²) in [6, 6.07) is 1.38. The molecular weight excluding hydrogens is 222 g/mol. The predicted octanol–water partition coefficient (Wildman–Crippen LogP) is -0.720. The van der Waals surface area contributed by atoms with Gasteiger partial charge in [-0.2, -0.15) is 0 Å². The molecule has 0 radical (unpaired) electrons. The molecule has 8 heteroatoms. The monoisotopic (exact) mass is 235 g/mol. The van der Waals surface area contributed by atoms with Gasteiger partial charge in [0.25, 0.3) is 5.91 Å². The molecule has 0 aliphatic carbocycles. The fourth-order valence-electron chi connectivity index (χ4n) is 1.04. The number of hydrogen-bond donors (Lipinski definition) is 5. The number of nitrogens with one attached hydrogen (secondary N) is 3. The zero-order valence-corrected chi connectivity index (χ0v) is 9.19. The summed E-state index contributed by atoms with van der Waals surface area (Å²) in [7, 11) is 1.70. The normalized spacial score (nSPS) is 10.2. The van der Waals surface area contributed by atoms with E-state index in [0.717, 1.165) is 0 Å². The number of anilines is 2. The summed E-state index contributed by atoms with van der Waals surface area (Å²) in [6.45, 7) is 0. The second kappa shape index (κ2) is 5.45. The summed E-state index contributed by atoms with van der Waals surface area (Å²) in [5.74, 6) is -0.567. The Morgan fingerprint density at radius 1 is 1.53 bits per heavy atom. The largest absolute Gasteiger partial charge is 0.394 e. The van der Waals surface area contributed by atoms with Crippen LogP contribution in [-0.4, -0.2) is 29.0 Å². The summed E-state index contributed by atoms with van der Waals surface area (Å²) < 4.78 is 0. The third kappa shape index (κ3) is 3.45. The Morgan fingerprint density at radius 2 is 2.24 bits per heavy atom. The molecule has 0 saturated heterocycles. The van der Waals surface area contributed by atoms with Crippen molar-refractivity contribution in [3.8, 4) is 0 Å². The second-order valence-corrected chi connectivity index (χ2v) is 3.06. The van der Waals surface area contributed by atoms with Gasteiger partial charge in [0, 0.05) is 13.1 Å².